The zero-order valence-electron chi connectivity index (χ0n) is 17.1. The first-order valence-electron chi connectivity index (χ1n) is 7.83. The van der Waals surface area contributed by atoms with Gasteiger partial charge in [-0.3, -0.25) is 6.08 Å². The van der Waals surface area contributed by atoms with Crippen LogP contribution in [0.4, 0.5) is 0 Å². The van der Waals surface area contributed by atoms with Crippen molar-refractivity contribution in [2.75, 3.05) is 0 Å². The van der Waals surface area contributed by atoms with Crippen molar-refractivity contribution in [1.29, 1.82) is 0 Å². The predicted molar refractivity (Wildman–Crippen MR) is 116 cm³/mol. The van der Waals surface area contributed by atoms with Crippen LogP contribution in [0, 0.1) is 20.9 Å². The Morgan fingerprint density at radius 1 is 0.821 bits per heavy atom. The van der Waals surface area contributed by atoms with Gasteiger partial charge in [0.1, 0.15) is 0 Å². The van der Waals surface area contributed by atoms with E-state index in [4.69, 9.17) is 5.73 Å². The number of hydrogen-bond donors (Lipinski definition) is 0. The van der Waals surface area contributed by atoms with E-state index in [1.54, 1.807) is 0 Å². The van der Waals surface area contributed by atoms with E-state index in [9.17, 15) is 0 Å². The number of hydrogen-bond acceptors (Lipinski definition) is 0. The van der Waals surface area contributed by atoms with Gasteiger partial charge in [0.05, 0.1) is 0 Å². The maximum atomic E-state index is 6.58. The standard InChI is InChI=1S/C18H13.C3H8N.2CH3.2ClH.Si.Ti/c1-12-10-11-17-15-8-3-2-6-13(15)14-7-4-5-9-16(14)18(12)17;1-3(2)4;;;;;;/h2-9,11-12H,1H3;3-4H,1-2H3;2*1H3;2*1H;;/q4*-1;;;;+2/p-2. The summed E-state index contributed by atoms with van der Waals surface area (Å²) in [6.45, 7) is 5.89. The summed E-state index contributed by atoms with van der Waals surface area (Å²) in [7, 11) is 0. The van der Waals surface area contributed by atoms with Crippen LogP contribution in [0.3, 0.4) is 0 Å². The van der Waals surface area contributed by atoms with Gasteiger partial charge in [0.25, 0.3) is 0 Å². The molecule has 0 saturated carbocycles. The van der Waals surface area contributed by atoms with Gasteiger partial charge in [-0.2, -0.15) is 5.56 Å². The Bertz CT molecular complexity index is 863. The molecule has 0 amide bonds. The second-order valence-corrected chi connectivity index (χ2v) is 6.11. The molecule has 1 aliphatic rings. The van der Waals surface area contributed by atoms with Crippen molar-refractivity contribution in [3.8, 4) is 0 Å². The van der Waals surface area contributed by atoms with Gasteiger partial charge >= 0.3 is 21.7 Å². The normalized spacial score (nSPS) is 12.5. The number of benzene rings is 3. The fraction of sp³-hybridized carbons (Fsp3) is 0.217. The number of allylic oxidation sites excluding steroid dienone is 1. The zero-order chi connectivity index (χ0) is 15.7. The molecule has 0 aromatic heterocycles. The molecule has 150 valence electrons. The van der Waals surface area contributed by atoms with Crippen LogP contribution in [0.25, 0.3) is 33.4 Å². The Morgan fingerprint density at radius 3 is 1.64 bits per heavy atom. The number of halogens is 2. The van der Waals surface area contributed by atoms with Crippen molar-refractivity contribution in [3.05, 3.63) is 86.3 Å². The fourth-order valence-electron chi connectivity index (χ4n) is 3.11. The van der Waals surface area contributed by atoms with Gasteiger partial charge in [0.2, 0.25) is 0 Å². The molecule has 28 heavy (non-hydrogen) atoms. The Morgan fingerprint density at radius 2 is 1.18 bits per heavy atom. The number of rotatable bonds is 0. The van der Waals surface area contributed by atoms with E-state index >= 15 is 0 Å². The van der Waals surface area contributed by atoms with Gasteiger partial charge in [-0.25, -0.2) is 6.08 Å². The monoisotopic (exact) mass is 463 g/mol. The van der Waals surface area contributed by atoms with Crippen LogP contribution < -0.4 is 24.8 Å². The van der Waals surface area contributed by atoms with Crippen molar-refractivity contribution in [3.63, 3.8) is 0 Å². The summed E-state index contributed by atoms with van der Waals surface area (Å²) in [6, 6.07) is 17.5. The summed E-state index contributed by atoms with van der Waals surface area (Å²) < 4.78 is 0. The molecule has 1 aliphatic carbocycles. The van der Waals surface area contributed by atoms with Gasteiger partial charge in [-0.15, -0.1) is 11.6 Å². The molecule has 0 fully saturated rings. The van der Waals surface area contributed by atoms with E-state index in [0.717, 1.165) is 0 Å². The van der Waals surface area contributed by atoms with E-state index < -0.39 is 0 Å². The number of fused-ring (bicyclic) bond motifs is 6. The molecule has 1 unspecified atom stereocenters. The van der Waals surface area contributed by atoms with E-state index in [2.05, 4.69) is 67.6 Å². The van der Waals surface area contributed by atoms with Crippen molar-refractivity contribution in [1.82, 2.24) is 0 Å². The molecule has 5 heteroatoms. The Labute approximate surface area is 203 Å². The Hall–Kier alpha value is -0.609. The molecule has 0 heterocycles. The smallest absolute Gasteiger partial charge is 1.00 e. The van der Waals surface area contributed by atoms with E-state index in [1.165, 1.54) is 32.7 Å². The summed E-state index contributed by atoms with van der Waals surface area (Å²) in [5.41, 5.74) is 9.38. The molecule has 0 bridgehead atoms. The van der Waals surface area contributed by atoms with Crippen LogP contribution >= 0.6 is 0 Å². The van der Waals surface area contributed by atoms with Crippen molar-refractivity contribution < 1.29 is 46.5 Å². The third-order valence-electron chi connectivity index (χ3n) is 3.93. The first kappa shape index (κ1) is 34.9. The second kappa shape index (κ2) is 15.3. The van der Waals surface area contributed by atoms with Gasteiger partial charge < -0.3 is 45.4 Å². The molecule has 0 aliphatic heterocycles. The topological polar surface area (TPSA) is 23.8 Å². The van der Waals surface area contributed by atoms with Crippen molar-refractivity contribution in [2.45, 2.75) is 32.7 Å². The average Bonchev–Trinajstić information content (AvgIpc) is 2.90. The maximum Gasteiger partial charge on any atom is 2.00 e. The SMILES string of the molecule is CC(C)[NH-].CC1[C-]=Cc2c1c1ccccc1c1ccccc21.[CH3-].[CH3-].[Cl-].[Cl-].[Si].[Ti+2]. The number of nitrogens with one attached hydrogen (secondary N) is 1. The third kappa shape index (κ3) is 7.02. The zero-order valence-corrected chi connectivity index (χ0v) is 21.2. The van der Waals surface area contributed by atoms with E-state index in [0.29, 0.717) is 5.92 Å². The average molecular weight is 464 g/mol. The van der Waals surface area contributed by atoms with Crippen molar-refractivity contribution in [2.24, 2.45) is 0 Å². The quantitative estimate of drug-likeness (QED) is 0.268. The van der Waals surface area contributed by atoms with Gasteiger partial charge in [0.15, 0.2) is 0 Å². The first-order valence-corrected chi connectivity index (χ1v) is 7.83. The van der Waals surface area contributed by atoms with E-state index in [-0.39, 0.29) is 78.4 Å². The molecule has 1 atom stereocenters. The Balaban J connectivity index is -0.000000267. The maximum absolute atomic E-state index is 6.58. The Kier molecular flexibility index (Phi) is 19.0. The van der Waals surface area contributed by atoms with E-state index in [1.807, 2.05) is 13.8 Å². The summed E-state index contributed by atoms with van der Waals surface area (Å²) in [5, 5.41) is 5.43. The molecular weight excluding hydrogens is 437 g/mol. The van der Waals surface area contributed by atoms with Gasteiger partial charge in [0, 0.05) is 11.0 Å². The third-order valence-corrected chi connectivity index (χ3v) is 3.93. The molecule has 1 N–H and O–H groups in total. The summed E-state index contributed by atoms with van der Waals surface area (Å²) >= 11 is 0. The van der Waals surface area contributed by atoms with Crippen LogP contribution in [0.15, 0.2) is 48.5 Å². The largest absolute Gasteiger partial charge is 2.00 e. The minimum atomic E-state index is 0. The molecule has 0 saturated heterocycles. The molecular formula is C23H27Cl2NSiTi-4. The summed E-state index contributed by atoms with van der Waals surface area (Å²) in [6.07, 6.45) is 5.61. The van der Waals surface area contributed by atoms with Crippen molar-refractivity contribution >= 4 is 38.6 Å². The molecule has 3 aromatic rings. The molecule has 3 aromatic carbocycles. The summed E-state index contributed by atoms with van der Waals surface area (Å²) in [4.78, 5) is 0. The van der Waals surface area contributed by atoms with Crippen LogP contribution in [-0.2, 0) is 21.7 Å². The van der Waals surface area contributed by atoms with Crippen LogP contribution in [0.2, 0.25) is 0 Å². The minimum Gasteiger partial charge on any atom is -1.00 e. The molecule has 1 nitrogen and oxygen atoms in total. The van der Waals surface area contributed by atoms with Crippen LogP contribution in [0.5, 0.6) is 0 Å². The summed E-state index contributed by atoms with van der Waals surface area (Å²) in [5.74, 6) is 0.398. The first-order chi connectivity index (χ1) is 10.6. The van der Waals surface area contributed by atoms with Crippen LogP contribution in [0.1, 0.15) is 37.8 Å². The van der Waals surface area contributed by atoms with Gasteiger partial charge in [-0.05, 0) is 16.2 Å². The predicted octanol–water partition coefficient (Wildman–Crippen LogP) is 0.899. The second-order valence-electron chi connectivity index (χ2n) is 6.11. The van der Waals surface area contributed by atoms with Gasteiger partial charge in [-0.1, -0.05) is 80.6 Å². The molecule has 4 rings (SSSR count). The molecule has 0 spiro atoms. The fourth-order valence-corrected chi connectivity index (χ4v) is 3.11. The molecule has 4 radical (unpaired) electrons. The minimum absolute atomic E-state index is 0. The van der Waals surface area contributed by atoms with Crippen LogP contribution in [-0.4, -0.2) is 17.0 Å².